The molecular formula is C13H20N2. The summed E-state index contributed by atoms with van der Waals surface area (Å²) < 4.78 is 0. The molecule has 0 aliphatic carbocycles. The SMILES string of the molecule is Cc1cccc(C2CNC(C)C(N)C2)c1. The van der Waals surface area contributed by atoms with Gasteiger partial charge in [0.05, 0.1) is 0 Å². The molecule has 0 bridgehead atoms. The summed E-state index contributed by atoms with van der Waals surface area (Å²) in [4.78, 5) is 0. The quantitative estimate of drug-likeness (QED) is 0.732. The van der Waals surface area contributed by atoms with Crippen LogP contribution in [0.2, 0.25) is 0 Å². The lowest BCUT2D eigenvalue weighted by molar-refractivity contribution is 0.337. The molecule has 1 fully saturated rings. The standard InChI is InChI=1S/C13H20N2/c1-9-4-3-5-11(6-9)12-7-13(14)10(2)15-8-12/h3-6,10,12-13,15H,7-8,14H2,1-2H3. The van der Waals surface area contributed by atoms with E-state index < -0.39 is 0 Å². The summed E-state index contributed by atoms with van der Waals surface area (Å²) >= 11 is 0. The van der Waals surface area contributed by atoms with Crippen LogP contribution in [0.25, 0.3) is 0 Å². The molecule has 3 N–H and O–H groups in total. The minimum atomic E-state index is 0.282. The highest BCUT2D eigenvalue weighted by Gasteiger charge is 2.25. The number of benzene rings is 1. The van der Waals surface area contributed by atoms with E-state index in [2.05, 4.69) is 43.4 Å². The molecule has 1 saturated heterocycles. The Hall–Kier alpha value is -0.860. The first-order valence-corrected chi connectivity index (χ1v) is 5.72. The lowest BCUT2D eigenvalue weighted by Gasteiger charge is -2.33. The average Bonchev–Trinajstić information content (AvgIpc) is 2.22. The Morgan fingerprint density at radius 3 is 2.87 bits per heavy atom. The van der Waals surface area contributed by atoms with Crippen LogP contribution in [0.15, 0.2) is 24.3 Å². The molecule has 1 aliphatic rings. The second-order valence-corrected chi connectivity index (χ2v) is 4.71. The van der Waals surface area contributed by atoms with Crippen LogP contribution in [0.1, 0.15) is 30.4 Å². The van der Waals surface area contributed by atoms with Crippen LogP contribution in [0.4, 0.5) is 0 Å². The predicted octanol–water partition coefficient (Wildman–Crippen LogP) is 1.79. The van der Waals surface area contributed by atoms with Gasteiger partial charge in [0.1, 0.15) is 0 Å². The molecule has 1 aromatic carbocycles. The molecular weight excluding hydrogens is 184 g/mol. The van der Waals surface area contributed by atoms with Crippen LogP contribution in [-0.4, -0.2) is 18.6 Å². The van der Waals surface area contributed by atoms with Gasteiger partial charge in [-0.1, -0.05) is 29.8 Å². The fourth-order valence-electron chi connectivity index (χ4n) is 2.27. The largest absolute Gasteiger partial charge is 0.326 e. The third kappa shape index (κ3) is 2.39. The van der Waals surface area contributed by atoms with Gasteiger partial charge in [-0.05, 0) is 31.7 Å². The van der Waals surface area contributed by atoms with Crippen LogP contribution in [0.5, 0.6) is 0 Å². The summed E-state index contributed by atoms with van der Waals surface area (Å²) in [5.41, 5.74) is 8.84. The lowest BCUT2D eigenvalue weighted by Crippen LogP contribution is -2.50. The summed E-state index contributed by atoms with van der Waals surface area (Å²) in [5, 5.41) is 3.47. The molecule has 0 saturated carbocycles. The number of hydrogen-bond donors (Lipinski definition) is 2. The minimum Gasteiger partial charge on any atom is -0.326 e. The maximum absolute atomic E-state index is 6.08. The van der Waals surface area contributed by atoms with E-state index in [0.29, 0.717) is 12.0 Å². The number of rotatable bonds is 1. The first-order valence-electron chi connectivity index (χ1n) is 5.72. The Morgan fingerprint density at radius 2 is 2.20 bits per heavy atom. The predicted molar refractivity (Wildman–Crippen MR) is 64.0 cm³/mol. The molecule has 0 radical (unpaired) electrons. The number of nitrogens with two attached hydrogens (primary N) is 1. The van der Waals surface area contributed by atoms with Gasteiger partial charge in [0, 0.05) is 18.6 Å². The Morgan fingerprint density at radius 1 is 1.40 bits per heavy atom. The molecule has 1 heterocycles. The smallest absolute Gasteiger partial charge is 0.0198 e. The Bertz CT molecular complexity index is 335. The van der Waals surface area contributed by atoms with Gasteiger partial charge in [-0.3, -0.25) is 0 Å². The van der Waals surface area contributed by atoms with Gasteiger partial charge in [-0.2, -0.15) is 0 Å². The summed E-state index contributed by atoms with van der Waals surface area (Å²) in [6, 6.07) is 9.49. The molecule has 3 unspecified atom stereocenters. The number of nitrogens with one attached hydrogen (secondary N) is 1. The maximum Gasteiger partial charge on any atom is 0.0198 e. The van der Waals surface area contributed by atoms with Crippen molar-refractivity contribution in [3.63, 3.8) is 0 Å². The summed E-state index contributed by atoms with van der Waals surface area (Å²) in [7, 11) is 0. The van der Waals surface area contributed by atoms with Gasteiger partial charge in [0.15, 0.2) is 0 Å². The fraction of sp³-hybridized carbons (Fsp3) is 0.538. The van der Waals surface area contributed by atoms with Crippen molar-refractivity contribution in [1.82, 2.24) is 5.32 Å². The van der Waals surface area contributed by atoms with Gasteiger partial charge >= 0.3 is 0 Å². The molecule has 0 aromatic heterocycles. The summed E-state index contributed by atoms with van der Waals surface area (Å²) in [6.07, 6.45) is 1.09. The van der Waals surface area contributed by atoms with E-state index in [0.717, 1.165) is 13.0 Å². The molecule has 15 heavy (non-hydrogen) atoms. The number of aryl methyl sites for hydroxylation is 1. The van der Waals surface area contributed by atoms with Crippen molar-refractivity contribution in [3.05, 3.63) is 35.4 Å². The van der Waals surface area contributed by atoms with Crippen LogP contribution >= 0.6 is 0 Å². The molecule has 82 valence electrons. The van der Waals surface area contributed by atoms with E-state index in [9.17, 15) is 0 Å². The molecule has 1 aromatic rings. The fourth-order valence-corrected chi connectivity index (χ4v) is 2.27. The van der Waals surface area contributed by atoms with Gasteiger partial charge in [-0.25, -0.2) is 0 Å². The molecule has 1 aliphatic heterocycles. The van der Waals surface area contributed by atoms with E-state index in [1.54, 1.807) is 0 Å². The highest BCUT2D eigenvalue weighted by molar-refractivity contribution is 5.26. The van der Waals surface area contributed by atoms with Crippen molar-refractivity contribution in [2.75, 3.05) is 6.54 Å². The van der Waals surface area contributed by atoms with E-state index in [4.69, 9.17) is 5.73 Å². The summed E-state index contributed by atoms with van der Waals surface area (Å²) in [5.74, 6) is 0.580. The maximum atomic E-state index is 6.08. The van der Waals surface area contributed by atoms with E-state index >= 15 is 0 Å². The van der Waals surface area contributed by atoms with Crippen molar-refractivity contribution in [1.29, 1.82) is 0 Å². The van der Waals surface area contributed by atoms with Gasteiger partial charge in [0.25, 0.3) is 0 Å². The molecule has 2 nitrogen and oxygen atoms in total. The van der Waals surface area contributed by atoms with Crippen LogP contribution in [0.3, 0.4) is 0 Å². The Balaban J connectivity index is 2.12. The van der Waals surface area contributed by atoms with E-state index in [1.165, 1.54) is 11.1 Å². The van der Waals surface area contributed by atoms with E-state index in [-0.39, 0.29) is 6.04 Å². The zero-order valence-corrected chi connectivity index (χ0v) is 9.53. The second kappa shape index (κ2) is 4.33. The Kier molecular flexibility index (Phi) is 3.08. The van der Waals surface area contributed by atoms with Crippen molar-refractivity contribution in [3.8, 4) is 0 Å². The molecule has 2 rings (SSSR count). The molecule has 3 atom stereocenters. The monoisotopic (exact) mass is 204 g/mol. The number of piperidine rings is 1. The highest BCUT2D eigenvalue weighted by atomic mass is 15.0. The number of hydrogen-bond acceptors (Lipinski definition) is 2. The Labute approximate surface area is 91.9 Å². The average molecular weight is 204 g/mol. The highest BCUT2D eigenvalue weighted by Crippen LogP contribution is 2.25. The lowest BCUT2D eigenvalue weighted by atomic mass is 9.86. The minimum absolute atomic E-state index is 0.282. The van der Waals surface area contributed by atoms with Crippen LogP contribution in [-0.2, 0) is 0 Å². The van der Waals surface area contributed by atoms with Crippen LogP contribution in [0, 0.1) is 6.92 Å². The topological polar surface area (TPSA) is 38.0 Å². The first-order chi connectivity index (χ1) is 7.16. The van der Waals surface area contributed by atoms with Gasteiger partial charge < -0.3 is 11.1 Å². The third-order valence-corrected chi connectivity index (χ3v) is 3.40. The van der Waals surface area contributed by atoms with Crippen molar-refractivity contribution in [2.45, 2.75) is 38.3 Å². The van der Waals surface area contributed by atoms with Crippen molar-refractivity contribution < 1.29 is 0 Å². The molecule has 0 spiro atoms. The first kappa shape index (κ1) is 10.7. The zero-order valence-electron chi connectivity index (χ0n) is 9.53. The van der Waals surface area contributed by atoms with Crippen LogP contribution < -0.4 is 11.1 Å². The van der Waals surface area contributed by atoms with Crippen molar-refractivity contribution >= 4 is 0 Å². The van der Waals surface area contributed by atoms with E-state index in [1.807, 2.05) is 0 Å². The van der Waals surface area contributed by atoms with Crippen molar-refractivity contribution in [2.24, 2.45) is 5.73 Å². The normalized spacial score (nSPS) is 31.5. The zero-order chi connectivity index (χ0) is 10.8. The van der Waals surface area contributed by atoms with Gasteiger partial charge in [-0.15, -0.1) is 0 Å². The summed E-state index contributed by atoms with van der Waals surface area (Å²) in [6.45, 7) is 5.36. The molecule has 0 amide bonds. The second-order valence-electron chi connectivity index (χ2n) is 4.71. The molecule has 2 heteroatoms. The van der Waals surface area contributed by atoms with Gasteiger partial charge in [0.2, 0.25) is 0 Å². The third-order valence-electron chi connectivity index (χ3n) is 3.40.